The second-order valence-electron chi connectivity index (χ2n) is 8.98. The summed E-state index contributed by atoms with van der Waals surface area (Å²) in [6.07, 6.45) is 7.70. The highest BCUT2D eigenvalue weighted by molar-refractivity contribution is 6.08. The number of carbonyl (C=O) groups excluding carboxylic acids is 2. The zero-order valence-electron chi connectivity index (χ0n) is 18.6. The summed E-state index contributed by atoms with van der Waals surface area (Å²) in [5.41, 5.74) is 1.92. The average molecular weight is 411 g/mol. The van der Waals surface area contributed by atoms with Gasteiger partial charge in [-0.15, -0.1) is 0 Å². The molecule has 6 heteroatoms. The van der Waals surface area contributed by atoms with Crippen LogP contribution in [0, 0.1) is 11.8 Å². The van der Waals surface area contributed by atoms with E-state index in [-0.39, 0.29) is 23.7 Å². The predicted molar refractivity (Wildman–Crippen MR) is 123 cm³/mol. The zero-order valence-corrected chi connectivity index (χ0v) is 18.6. The summed E-state index contributed by atoms with van der Waals surface area (Å²) in [7, 11) is 0. The number of amides is 2. The zero-order chi connectivity index (χ0) is 21.7. The molecular weight excluding hydrogens is 376 g/mol. The number of anilines is 2. The van der Waals surface area contributed by atoms with Crippen LogP contribution < -0.4 is 15.5 Å². The van der Waals surface area contributed by atoms with Gasteiger partial charge in [0.25, 0.3) is 0 Å². The molecule has 0 saturated carbocycles. The number of hydrogen-bond donors (Lipinski definition) is 2. The van der Waals surface area contributed by atoms with Gasteiger partial charge >= 0.3 is 0 Å². The van der Waals surface area contributed by atoms with Crippen molar-refractivity contribution < 1.29 is 9.59 Å². The fourth-order valence-corrected chi connectivity index (χ4v) is 4.04. The minimum Gasteiger partial charge on any atom is -0.371 e. The van der Waals surface area contributed by atoms with Gasteiger partial charge in [-0.3, -0.25) is 14.6 Å². The van der Waals surface area contributed by atoms with Crippen molar-refractivity contribution in [2.24, 2.45) is 11.8 Å². The molecular formula is C24H34N4O2. The molecule has 1 aromatic heterocycles. The van der Waals surface area contributed by atoms with E-state index in [2.05, 4.69) is 26.6 Å². The van der Waals surface area contributed by atoms with Crippen molar-refractivity contribution in [3.05, 3.63) is 30.6 Å². The molecule has 0 radical (unpaired) electrons. The normalized spacial score (nSPS) is 15.5. The summed E-state index contributed by atoms with van der Waals surface area (Å²) in [5.74, 6) is -0.0554. The first-order chi connectivity index (χ1) is 14.4. The highest BCUT2D eigenvalue weighted by atomic mass is 16.2. The van der Waals surface area contributed by atoms with Crippen LogP contribution in [-0.2, 0) is 9.59 Å². The Morgan fingerprint density at radius 1 is 1.03 bits per heavy atom. The minimum atomic E-state index is -0.579. The van der Waals surface area contributed by atoms with E-state index in [9.17, 15) is 9.59 Å². The van der Waals surface area contributed by atoms with Crippen LogP contribution in [0.4, 0.5) is 11.4 Å². The van der Waals surface area contributed by atoms with Crippen LogP contribution in [0.2, 0.25) is 0 Å². The van der Waals surface area contributed by atoms with Crippen molar-refractivity contribution >= 4 is 34.0 Å². The molecule has 0 bridgehead atoms. The number of piperidine rings is 1. The lowest BCUT2D eigenvalue weighted by Crippen LogP contribution is -2.47. The van der Waals surface area contributed by atoms with Crippen LogP contribution in [0.15, 0.2) is 30.6 Å². The lowest BCUT2D eigenvalue weighted by molar-refractivity contribution is -0.127. The van der Waals surface area contributed by atoms with Crippen LogP contribution in [0.25, 0.3) is 10.8 Å². The van der Waals surface area contributed by atoms with Crippen molar-refractivity contribution in [1.29, 1.82) is 0 Å². The summed E-state index contributed by atoms with van der Waals surface area (Å²) < 4.78 is 0. The van der Waals surface area contributed by atoms with E-state index in [1.165, 1.54) is 24.9 Å². The Labute approximate surface area is 179 Å². The molecule has 0 spiro atoms. The molecule has 30 heavy (non-hydrogen) atoms. The third-order valence-electron chi connectivity index (χ3n) is 5.61. The lowest BCUT2D eigenvalue weighted by atomic mass is 10.0. The molecule has 1 aliphatic heterocycles. The van der Waals surface area contributed by atoms with E-state index >= 15 is 0 Å². The van der Waals surface area contributed by atoms with E-state index in [4.69, 9.17) is 0 Å². The summed E-state index contributed by atoms with van der Waals surface area (Å²) in [6.45, 7) is 9.99. The van der Waals surface area contributed by atoms with Gasteiger partial charge in [0, 0.05) is 48.4 Å². The van der Waals surface area contributed by atoms with Crippen LogP contribution in [-0.4, -0.2) is 35.9 Å². The monoisotopic (exact) mass is 410 g/mol. The Balaban J connectivity index is 1.84. The topological polar surface area (TPSA) is 74.3 Å². The average Bonchev–Trinajstić information content (AvgIpc) is 2.72. The predicted octanol–water partition coefficient (Wildman–Crippen LogP) is 4.35. The van der Waals surface area contributed by atoms with Gasteiger partial charge in [0.2, 0.25) is 11.8 Å². The maximum Gasteiger partial charge on any atom is 0.247 e. The van der Waals surface area contributed by atoms with Gasteiger partial charge < -0.3 is 15.5 Å². The fourth-order valence-electron chi connectivity index (χ4n) is 4.04. The first-order valence-electron chi connectivity index (χ1n) is 11.1. The van der Waals surface area contributed by atoms with Gasteiger partial charge in [0.05, 0.1) is 5.69 Å². The van der Waals surface area contributed by atoms with E-state index in [1.807, 2.05) is 39.8 Å². The molecule has 0 aliphatic carbocycles. The molecule has 2 heterocycles. The summed E-state index contributed by atoms with van der Waals surface area (Å²) in [5, 5.41) is 7.96. The van der Waals surface area contributed by atoms with Crippen molar-refractivity contribution in [1.82, 2.24) is 10.3 Å². The van der Waals surface area contributed by atoms with E-state index in [0.29, 0.717) is 6.42 Å². The van der Waals surface area contributed by atoms with Gasteiger partial charge in [-0.05, 0) is 49.3 Å². The SMILES string of the molecule is CC(C)CC(=O)NC(C(=O)Nc1ccc(N2CCCCC2)c2ccncc12)C(C)C. The van der Waals surface area contributed by atoms with Crippen LogP contribution >= 0.6 is 0 Å². The molecule has 2 aromatic rings. The third kappa shape index (κ3) is 5.29. The maximum absolute atomic E-state index is 13.0. The molecule has 3 rings (SSSR count). The molecule has 1 saturated heterocycles. The molecule has 1 aromatic carbocycles. The summed E-state index contributed by atoms with van der Waals surface area (Å²) in [6, 6.07) is 5.48. The molecule has 162 valence electrons. The molecule has 1 unspecified atom stereocenters. The Morgan fingerprint density at radius 2 is 1.77 bits per heavy atom. The van der Waals surface area contributed by atoms with Gasteiger partial charge in [0.1, 0.15) is 6.04 Å². The number of hydrogen-bond acceptors (Lipinski definition) is 4. The van der Waals surface area contributed by atoms with E-state index in [0.717, 1.165) is 29.5 Å². The molecule has 2 amide bonds. The third-order valence-corrected chi connectivity index (χ3v) is 5.61. The van der Waals surface area contributed by atoms with E-state index < -0.39 is 6.04 Å². The van der Waals surface area contributed by atoms with Gasteiger partial charge in [-0.1, -0.05) is 27.7 Å². The first kappa shape index (κ1) is 22.1. The summed E-state index contributed by atoms with van der Waals surface area (Å²) >= 11 is 0. The van der Waals surface area contributed by atoms with Gasteiger partial charge in [-0.25, -0.2) is 0 Å². The number of rotatable bonds is 7. The largest absolute Gasteiger partial charge is 0.371 e. The van der Waals surface area contributed by atoms with Crippen molar-refractivity contribution in [3.63, 3.8) is 0 Å². The molecule has 6 nitrogen and oxygen atoms in total. The van der Waals surface area contributed by atoms with Crippen LogP contribution in [0.3, 0.4) is 0 Å². The molecule has 1 atom stereocenters. The van der Waals surface area contributed by atoms with Gasteiger partial charge in [-0.2, -0.15) is 0 Å². The second-order valence-corrected chi connectivity index (χ2v) is 8.98. The standard InChI is InChI=1S/C24H34N4O2/c1-16(2)14-22(29)27-23(17(3)4)24(30)26-20-8-9-21(28-12-6-5-7-13-28)18-10-11-25-15-19(18)20/h8-11,15-17,23H,5-7,12-14H2,1-4H3,(H,26,30)(H,27,29). The Kier molecular flexibility index (Phi) is 7.29. The molecule has 1 aliphatic rings. The van der Waals surface area contributed by atoms with Crippen molar-refractivity contribution in [3.8, 4) is 0 Å². The fraction of sp³-hybridized carbons (Fsp3) is 0.542. The number of nitrogens with one attached hydrogen (secondary N) is 2. The van der Waals surface area contributed by atoms with Crippen molar-refractivity contribution in [2.45, 2.75) is 59.4 Å². The van der Waals surface area contributed by atoms with Crippen molar-refractivity contribution in [2.75, 3.05) is 23.3 Å². The second kappa shape index (κ2) is 9.92. The number of aromatic nitrogens is 1. The maximum atomic E-state index is 13.0. The van der Waals surface area contributed by atoms with Gasteiger partial charge in [0.15, 0.2) is 0 Å². The van der Waals surface area contributed by atoms with Crippen LogP contribution in [0.1, 0.15) is 53.4 Å². The highest BCUT2D eigenvalue weighted by Crippen LogP contribution is 2.33. The van der Waals surface area contributed by atoms with Crippen LogP contribution in [0.5, 0.6) is 0 Å². The van der Waals surface area contributed by atoms with E-state index in [1.54, 1.807) is 12.4 Å². The quantitative estimate of drug-likeness (QED) is 0.712. The number of carbonyl (C=O) groups is 2. The number of pyridine rings is 1. The number of benzene rings is 1. The smallest absolute Gasteiger partial charge is 0.247 e. The lowest BCUT2D eigenvalue weighted by Gasteiger charge is -2.30. The number of fused-ring (bicyclic) bond motifs is 1. The Morgan fingerprint density at radius 3 is 2.43 bits per heavy atom. The molecule has 2 N–H and O–H groups in total. The minimum absolute atomic E-state index is 0.0156. The number of nitrogens with zero attached hydrogens (tertiary/aromatic N) is 2. The summed E-state index contributed by atoms with van der Waals surface area (Å²) in [4.78, 5) is 32.0. The first-order valence-corrected chi connectivity index (χ1v) is 11.1. The molecule has 1 fully saturated rings. The Hall–Kier alpha value is -2.63. The highest BCUT2D eigenvalue weighted by Gasteiger charge is 2.25. The Bertz CT molecular complexity index is 888.